The van der Waals surface area contributed by atoms with Gasteiger partial charge in [-0.3, -0.25) is 4.79 Å². The Balaban J connectivity index is 2.77. The number of halogens is 3. The average molecular weight is 293 g/mol. The second-order valence-corrected chi connectivity index (χ2v) is 4.00. The van der Waals surface area contributed by atoms with Crippen LogP contribution in [0.4, 0.5) is 14.5 Å². The second kappa shape index (κ2) is 5.91. The van der Waals surface area contributed by atoms with Crippen LogP contribution < -0.4 is 10.6 Å². The summed E-state index contributed by atoms with van der Waals surface area (Å²) in [6, 6.07) is 1.81. The third kappa shape index (κ3) is 3.53. The van der Waals surface area contributed by atoms with Crippen molar-refractivity contribution in [3.05, 3.63) is 28.2 Å². The van der Waals surface area contributed by atoms with Gasteiger partial charge in [0.25, 0.3) is 0 Å². The Morgan fingerprint density at radius 2 is 2.12 bits per heavy atom. The van der Waals surface area contributed by atoms with E-state index in [9.17, 15) is 13.6 Å². The number of hydrogen-bond acceptors (Lipinski definition) is 2. The molecule has 0 aliphatic carbocycles. The highest BCUT2D eigenvalue weighted by molar-refractivity contribution is 9.10. The molecule has 0 spiro atoms. The number of nitrogens with one attached hydrogen (secondary N) is 2. The zero-order chi connectivity index (χ0) is 12.1. The summed E-state index contributed by atoms with van der Waals surface area (Å²) in [6.45, 7) is 0.492. The molecule has 1 rings (SSSR count). The molecule has 2 N–H and O–H groups in total. The fraction of sp³-hybridized carbons (Fsp3) is 0.300. The summed E-state index contributed by atoms with van der Waals surface area (Å²) in [7, 11) is 1.71. The first-order valence-corrected chi connectivity index (χ1v) is 5.43. The van der Waals surface area contributed by atoms with Crippen molar-refractivity contribution in [2.45, 2.75) is 6.42 Å². The zero-order valence-electron chi connectivity index (χ0n) is 8.61. The molecule has 88 valence electrons. The zero-order valence-corrected chi connectivity index (χ0v) is 10.2. The number of carbonyl (C=O) groups excluding carboxylic acids is 1. The van der Waals surface area contributed by atoms with Crippen LogP contribution in [0.3, 0.4) is 0 Å². The van der Waals surface area contributed by atoms with Gasteiger partial charge < -0.3 is 10.6 Å². The Morgan fingerprint density at radius 3 is 2.69 bits per heavy atom. The first-order valence-electron chi connectivity index (χ1n) is 4.63. The van der Waals surface area contributed by atoms with E-state index in [1.807, 2.05) is 0 Å². The minimum absolute atomic E-state index is 0.0393. The molecule has 0 radical (unpaired) electrons. The number of anilines is 1. The van der Waals surface area contributed by atoms with Crippen LogP contribution in [0, 0.1) is 11.6 Å². The van der Waals surface area contributed by atoms with Crippen molar-refractivity contribution in [2.75, 3.05) is 18.9 Å². The maximum Gasteiger partial charge on any atom is 0.225 e. The van der Waals surface area contributed by atoms with Crippen LogP contribution in [0.2, 0.25) is 0 Å². The lowest BCUT2D eigenvalue weighted by atomic mass is 10.3. The Labute approximate surface area is 100 Å². The van der Waals surface area contributed by atoms with Crippen LogP contribution in [-0.2, 0) is 4.79 Å². The van der Waals surface area contributed by atoms with Gasteiger partial charge in [-0.25, -0.2) is 8.78 Å². The maximum absolute atomic E-state index is 13.3. The van der Waals surface area contributed by atoms with Crippen molar-refractivity contribution in [2.24, 2.45) is 0 Å². The van der Waals surface area contributed by atoms with Crippen LogP contribution in [0.1, 0.15) is 6.42 Å². The van der Waals surface area contributed by atoms with E-state index >= 15 is 0 Å². The molecule has 0 aliphatic heterocycles. The fourth-order valence-electron chi connectivity index (χ4n) is 1.10. The van der Waals surface area contributed by atoms with Gasteiger partial charge in [0.05, 0.1) is 5.69 Å². The second-order valence-electron chi connectivity index (χ2n) is 3.15. The summed E-state index contributed by atoms with van der Waals surface area (Å²) in [4.78, 5) is 11.3. The number of amides is 1. The van der Waals surface area contributed by atoms with Gasteiger partial charge in [-0.05, 0) is 29.0 Å². The van der Waals surface area contributed by atoms with Crippen LogP contribution in [0.25, 0.3) is 0 Å². The summed E-state index contributed by atoms with van der Waals surface area (Å²) in [5.41, 5.74) is -0.0393. The van der Waals surface area contributed by atoms with E-state index in [-0.39, 0.29) is 22.5 Å². The molecule has 0 fully saturated rings. The fourth-order valence-corrected chi connectivity index (χ4v) is 1.61. The van der Waals surface area contributed by atoms with E-state index in [1.54, 1.807) is 7.05 Å². The molecule has 0 bridgehead atoms. The predicted octanol–water partition coefficient (Wildman–Crippen LogP) is 2.28. The van der Waals surface area contributed by atoms with Gasteiger partial charge >= 0.3 is 0 Å². The molecular formula is C10H11BrF2N2O. The molecule has 1 aromatic carbocycles. The average Bonchev–Trinajstić information content (AvgIpc) is 2.20. The van der Waals surface area contributed by atoms with E-state index in [4.69, 9.17) is 0 Å². The van der Waals surface area contributed by atoms with Gasteiger partial charge in [0.1, 0.15) is 5.82 Å². The van der Waals surface area contributed by atoms with Crippen molar-refractivity contribution < 1.29 is 13.6 Å². The summed E-state index contributed by atoms with van der Waals surface area (Å²) in [5.74, 6) is -1.83. The highest BCUT2D eigenvalue weighted by Crippen LogP contribution is 2.26. The summed E-state index contributed by atoms with van der Waals surface area (Å²) >= 11 is 2.98. The molecule has 6 heteroatoms. The molecule has 0 heterocycles. The van der Waals surface area contributed by atoms with E-state index in [2.05, 4.69) is 26.6 Å². The SMILES string of the molecule is CNCCC(=O)Nc1c(F)cc(F)cc1Br. The Hall–Kier alpha value is -1.01. The van der Waals surface area contributed by atoms with E-state index in [0.717, 1.165) is 12.1 Å². The Kier molecular flexibility index (Phi) is 4.82. The molecule has 0 aliphatic rings. The summed E-state index contributed by atoms with van der Waals surface area (Å²) in [6.07, 6.45) is 0.222. The monoisotopic (exact) mass is 292 g/mol. The topological polar surface area (TPSA) is 41.1 Å². The molecule has 0 unspecified atom stereocenters. The molecule has 1 aromatic rings. The smallest absolute Gasteiger partial charge is 0.225 e. The predicted molar refractivity (Wildman–Crippen MR) is 61.2 cm³/mol. The Bertz CT molecular complexity index is 375. The summed E-state index contributed by atoms with van der Waals surface area (Å²) in [5, 5.41) is 5.17. The van der Waals surface area contributed by atoms with Crippen LogP contribution in [0.15, 0.2) is 16.6 Å². The lowest BCUT2D eigenvalue weighted by molar-refractivity contribution is -0.116. The molecule has 1 amide bonds. The molecule has 0 saturated carbocycles. The van der Waals surface area contributed by atoms with Gasteiger partial charge in [-0.1, -0.05) is 0 Å². The standard InChI is InChI=1S/C10H11BrF2N2O/c1-14-3-2-9(16)15-10-7(11)4-6(12)5-8(10)13/h4-5,14H,2-3H2,1H3,(H,15,16). The molecule has 0 aromatic heterocycles. The number of carbonyl (C=O) groups is 1. The molecule has 0 atom stereocenters. The normalized spacial score (nSPS) is 10.2. The lowest BCUT2D eigenvalue weighted by Crippen LogP contribution is -2.19. The number of benzene rings is 1. The van der Waals surface area contributed by atoms with E-state index in [1.165, 1.54) is 0 Å². The van der Waals surface area contributed by atoms with E-state index < -0.39 is 11.6 Å². The van der Waals surface area contributed by atoms with Crippen molar-refractivity contribution in [1.82, 2.24) is 5.32 Å². The molecular weight excluding hydrogens is 282 g/mol. The lowest BCUT2D eigenvalue weighted by Gasteiger charge is -2.08. The number of hydrogen-bond donors (Lipinski definition) is 2. The highest BCUT2D eigenvalue weighted by atomic mass is 79.9. The van der Waals surface area contributed by atoms with Gasteiger partial charge in [0, 0.05) is 23.5 Å². The largest absolute Gasteiger partial charge is 0.323 e. The molecule has 0 saturated heterocycles. The van der Waals surface area contributed by atoms with Crippen molar-refractivity contribution >= 4 is 27.5 Å². The van der Waals surface area contributed by atoms with Crippen LogP contribution >= 0.6 is 15.9 Å². The van der Waals surface area contributed by atoms with Gasteiger partial charge in [0.2, 0.25) is 5.91 Å². The highest BCUT2D eigenvalue weighted by Gasteiger charge is 2.12. The maximum atomic E-state index is 13.3. The quantitative estimate of drug-likeness (QED) is 0.894. The summed E-state index contributed by atoms with van der Waals surface area (Å²) < 4.78 is 26.2. The number of rotatable bonds is 4. The van der Waals surface area contributed by atoms with Crippen molar-refractivity contribution in [1.29, 1.82) is 0 Å². The minimum atomic E-state index is -0.801. The minimum Gasteiger partial charge on any atom is -0.323 e. The first-order chi connectivity index (χ1) is 7.54. The van der Waals surface area contributed by atoms with Crippen molar-refractivity contribution in [3.63, 3.8) is 0 Å². The molecule has 16 heavy (non-hydrogen) atoms. The van der Waals surface area contributed by atoms with E-state index in [0.29, 0.717) is 6.54 Å². The first kappa shape index (κ1) is 13.1. The third-order valence-electron chi connectivity index (χ3n) is 1.87. The molecule has 3 nitrogen and oxygen atoms in total. The third-order valence-corrected chi connectivity index (χ3v) is 2.50. The van der Waals surface area contributed by atoms with Crippen LogP contribution in [0.5, 0.6) is 0 Å². The van der Waals surface area contributed by atoms with Gasteiger partial charge in [0.15, 0.2) is 5.82 Å². The van der Waals surface area contributed by atoms with Gasteiger partial charge in [-0.15, -0.1) is 0 Å². The Morgan fingerprint density at radius 1 is 1.44 bits per heavy atom. The van der Waals surface area contributed by atoms with Gasteiger partial charge in [-0.2, -0.15) is 0 Å². The van der Waals surface area contributed by atoms with Crippen molar-refractivity contribution in [3.8, 4) is 0 Å². The van der Waals surface area contributed by atoms with Crippen LogP contribution in [-0.4, -0.2) is 19.5 Å².